The largest absolute Gasteiger partial charge is 0.343 e. The molecule has 6 nitrogen and oxygen atoms in total. The first-order chi connectivity index (χ1) is 12.7. The van der Waals surface area contributed by atoms with Crippen molar-refractivity contribution >= 4 is 17.6 Å². The molecule has 0 saturated carbocycles. The molecule has 2 fully saturated rings. The number of carbonyl (C=O) groups excluding carboxylic acids is 2. The molecular formula is C20H30N4O2. The second-order valence-electron chi connectivity index (χ2n) is 7.26. The lowest BCUT2D eigenvalue weighted by Crippen LogP contribution is -2.38. The minimum absolute atomic E-state index is 0.145. The Hall–Kier alpha value is -2.08. The molecule has 2 aliphatic rings. The molecule has 3 N–H and O–H groups in total. The summed E-state index contributed by atoms with van der Waals surface area (Å²) in [5.41, 5.74) is 1.90. The van der Waals surface area contributed by atoms with Crippen LogP contribution in [0.5, 0.6) is 0 Å². The van der Waals surface area contributed by atoms with Crippen molar-refractivity contribution in [2.75, 3.05) is 31.5 Å². The van der Waals surface area contributed by atoms with Gasteiger partial charge in [-0.05, 0) is 69.3 Å². The normalized spacial score (nSPS) is 20.5. The number of likely N-dealkylation sites (tertiary alicyclic amines) is 1. The van der Waals surface area contributed by atoms with Gasteiger partial charge in [-0.15, -0.1) is 0 Å². The highest BCUT2D eigenvalue weighted by Gasteiger charge is 2.17. The zero-order chi connectivity index (χ0) is 18.2. The van der Waals surface area contributed by atoms with E-state index in [1.165, 1.54) is 0 Å². The van der Waals surface area contributed by atoms with Crippen LogP contribution in [0.3, 0.4) is 0 Å². The Balaban J connectivity index is 1.41. The lowest BCUT2D eigenvalue weighted by molar-refractivity contribution is -0.130. The molecule has 0 aliphatic carbocycles. The van der Waals surface area contributed by atoms with Gasteiger partial charge >= 0.3 is 6.03 Å². The molecule has 3 rings (SSSR count). The van der Waals surface area contributed by atoms with Crippen LogP contribution in [-0.4, -0.2) is 49.1 Å². The van der Waals surface area contributed by atoms with Gasteiger partial charge in [-0.1, -0.05) is 12.1 Å². The van der Waals surface area contributed by atoms with E-state index in [1.54, 1.807) is 0 Å². The molecule has 6 heteroatoms. The van der Waals surface area contributed by atoms with Gasteiger partial charge in [0.2, 0.25) is 5.91 Å². The van der Waals surface area contributed by atoms with Crippen molar-refractivity contribution in [2.24, 2.45) is 0 Å². The number of anilines is 1. The summed E-state index contributed by atoms with van der Waals surface area (Å²) in [5, 5.41) is 9.30. The van der Waals surface area contributed by atoms with Crippen LogP contribution in [0.2, 0.25) is 0 Å². The molecule has 142 valence electrons. The van der Waals surface area contributed by atoms with Gasteiger partial charge in [0, 0.05) is 31.2 Å². The summed E-state index contributed by atoms with van der Waals surface area (Å²) in [5.74, 6) is 0.252. The summed E-state index contributed by atoms with van der Waals surface area (Å²) >= 11 is 0. The van der Waals surface area contributed by atoms with E-state index in [2.05, 4.69) is 16.0 Å². The average molecular weight is 358 g/mol. The van der Waals surface area contributed by atoms with E-state index in [4.69, 9.17) is 0 Å². The molecule has 1 aromatic rings. The SMILES string of the molecule is O=C(Nc1ccc(CCC(=O)N2CCCC2)cc1)NC1CCCNCC1. The van der Waals surface area contributed by atoms with Crippen LogP contribution in [-0.2, 0) is 11.2 Å². The summed E-state index contributed by atoms with van der Waals surface area (Å²) < 4.78 is 0. The number of rotatable bonds is 5. The van der Waals surface area contributed by atoms with Crippen molar-refractivity contribution < 1.29 is 9.59 Å². The average Bonchev–Trinajstić information content (AvgIpc) is 3.07. The van der Waals surface area contributed by atoms with Crippen molar-refractivity contribution in [3.05, 3.63) is 29.8 Å². The van der Waals surface area contributed by atoms with Gasteiger partial charge in [-0.25, -0.2) is 4.79 Å². The zero-order valence-electron chi connectivity index (χ0n) is 15.4. The summed E-state index contributed by atoms with van der Waals surface area (Å²) in [6.07, 6.45) is 6.65. The number of aryl methyl sites for hydroxylation is 1. The lowest BCUT2D eigenvalue weighted by atomic mass is 10.1. The summed E-state index contributed by atoms with van der Waals surface area (Å²) in [6, 6.07) is 7.88. The highest BCUT2D eigenvalue weighted by molar-refractivity contribution is 5.89. The van der Waals surface area contributed by atoms with Crippen LogP contribution >= 0.6 is 0 Å². The summed E-state index contributed by atoms with van der Waals surface area (Å²) in [4.78, 5) is 26.2. The number of nitrogens with one attached hydrogen (secondary N) is 3. The number of urea groups is 1. The third-order valence-corrected chi connectivity index (χ3v) is 5.21. The van der Waals surface area contributed by atoms with Gasteiger partial charge in [-0.2, -0.15) is 0 Å². The number of nitrogens with zero attached hydrogens (tertiary/aromatic N) is 1. The van der Waals surface area contributed by atoms with Crippen LogP contribution in [0.4, 0.5) is 10.5 Å². The van der Waals surface area contributed by atoms with Gasteiger partial charge in [-0.3, -0.25) is 4.79 Å². The van der Waals surface area contributed by atoms with E-state index in [0.29, 0.717) is 6.42 Å². The first-order valence-corrected chi connectivity index (χ1v) is 9.86. The van der Waals surface area contributed by atoms with Crippen molar-refractivity contribution in [1.82, 2.24) is 15.5 Å². The zero-order valence-corrected chi connectivity index (χ0v) is 15.4. The fourth-order valence-electron chi connectivity index (χ4n) is 3.65. The molecule has 1 aromatic carbocycles. The highest BCUT2D eigenvalue weighted by Crippen LogP contribution is 2.14. The quantitative estimate of drug-likeness (QED) is 0.757. The molecule has 0 radical (unpaired) electrons. The fraction of sp³-hybridized carbons (Fsp3) is 0.600. The van der Waals surface area contributed by atoms with Gasteiger partial charge in [0.05, 0.1) is 0 Å². The third kappa shape index (κ3) is 5.73. The van der Waals surface area contributed by atoms with E-state index in [-0.39, 0.29) is 18.0 Å². The van der Waals surface area contributed by atoms with Crippen LogP contribution < -0.4 is 16.0 Å². The Morgan fingerprint density at radius 2 is 1.81 bits per heavy atom. The van der Waals surface area contributed by atoms with Crippen LogP contribution in [0.1, 0.15) is 44.1 Å². The monoisotopic (exact) mass is 358 g/mol. The Kier molecular flexibility index (Phi) is 6.89. The van der Waals surface area contributed by atoms with Gasteiger partial charge in [0.1, 0.15) is 0 Å². The summed E-state index contributed by atoms with van der Waals surface area (Å²) in [7, 11) is 0. The molecule has 0 bridgehead atoms. The maximum atomic E-state index is 12.1. The molecule has 2 aliphatic heterocycles. The Morgan fingerprint density at radius 1 is 1.04 bits per heavy atom. The molecule has 26 heavy (non-hydrogen) atoms. The van der Waals surface area contributed by atoms with E-state index in [1.807, 2.05) is 29.2 Å². The minimum atomic E-state index is -0.145. The van der Waals surface area contributed by atoms with E-state index >= 15 is 0 Å². The van der Waals surface area contributed by atoms with E-state index in [0.717, 1.165) is 76.0 Å². The molecule has 3 amide bonds. The second-order valence-corrected chi connectivity index (χ2v) is 7.26. The molecule has 1 unspecified atom stereocenters. The van der Waals surface area contributed by atoms with Crippen molar-refractivity contribution in [1.29, 1.82) is 0 Å². The number of amides is 3. The molecule has 2 heterocycles. The maximum absolute atomic E-state index is 12.1. The van der Waals surface area contributed by atoms with Crippen LogP contribution in [0.15, 0.2) is 24.3 Å². The predicted octanol–water partition coefficient (Wildman–Crippen LogP) is 2.51. The van der Waals surface area contributed by atoms with Crippen LogP contribution in [0, 0.1) is 0 Å². The van der Waals surface area contributed by atoms with Crippen molar-refractivity contribution in [3.8, 4) is 0 Å². The Morgan fingerprint density at radius 3 is 2.58 bits per heavy atom. The molecule has 0 aromatic heterocycles. The maximum Gasteiger partial charge on any atom is 0.319 e. The number of hydrogen-bond donors (Lipinski definition) is 3. The van der Waals surface area contributed by atoms with E-state index in [9.17, 15) is 9.59 Å². The standard InChI is InChI=1S/C20H30N4O2/c25-19(24-14-1-2-15-24)10-7-16-5-8-18(9-6-16)23-20(26)22-17-4-3-12-21-13-11-17/h5-6,8-9,17,21H,1-4,7,10-15H2,(H2,22,23,26). The topological polar surface area (TPSA) is 73.5 Å². The smallest absolute Gasteiger partial charge is 0.319 e. The second kappa shape index (κ2) is 9.57. The minimum Gasteiger partial charge on any atom is -0.343 e. The molecule has 1 atom stereocenters. The fourth-order valence-corrected chi connectivity index (χ4v) is 3.65. The number of benzene rings is 1. The lowest BCUT2D eigenvalue weighted by Gasteiger charge is -2.17. The first-order valence-electron chi connectivity index (χ1n) is 9.86. The van der Waals surface area contributed by atoms with Gasteiger partial charge < -0.3 is 20.9 Å². The first kappa shape index (κ1) is 18.7. The predicted molar refractivity (Wildman–Crippen MR) is 103 cm³/mol. The summed E-state index contributed by atoms with van der Waals surface area (Å²) in [6.45, 7) is 3.80. The van der Waals surface area contributed by atoms with Crippen molar-refractivity contribution in [3.63, 3.8) is 0 Å². The van der Waals surface area contributed by atoms with Crippen LogP contribution in [0.25, 0.3) is 0 Å². The Labute approximate surface area is 155 Å². The Bertz CT molecular complexity index is 588. The number of hydrogen-bond acceptors (Lipinski definition) is 3. The molecular weight excluding hydrogens is 328 g/mol. The number of carbonyl (C=O) groups is 2. The van der Waals surface area contributed by atoms with Crippen molar-refractivity contribution in [2.45, 2.75) is 51.0 Å². The highest BCUT2D eigenvalue weighted by atomic mass is 16.2. The molecule has 2 saturated heterocycles. The van der Waals surface area contributed by atoms with E-state index < -0.39 is 0 Å². The third-order valence-electron chi connectivity index (χ3n) is 5.21. The van der Waals surface area contributed by atoms with Gasteiger partial charge in [0.15, 0.2) is 0 Å². The molecule has 0 spiro atoms. The van der Waals surface area contributed by atoms with Gasteiger partial charge in [0.25, 0.3) is 0 Å².